The number of urea groups is 1. The normalized spacial score (nSPS) is 14.3. The number of carboxylic acid groups (broad SMARTS) is 1. The van der Waals surface area contributed by atoms with Gasteiger partial charge in [0.05, 0.1) is 17.6 Å². The van der Waals surface area contributed by atoms with Crippen LogP contribution in [0.5, 0.6) is 5.75 Å². The molecule has 1 fully saturated rings. The highest BCUT2D eigenvalue weighted by Crippen LogP contribution is 2.29. The van der Waals surface area contributed by atoms with Gasteiger partial charge in [-0.15, -0.1) is 0 Å². The molecule has 0 aliphatic carbocycles. The van der Waals surface area contributed by atoms with Crippen LogP contribution in [0.2, 0.25) is 0 Å². The number of amides is 2. The Morgan fingerprint density at radius 1 is 1.08 bits per heavy atom. The van der Waals surface area contributed by atoms with Gasteiger partial charge in [0.15, 0.2) is 23.5 Å². The molecule has 4 N–H and O–H groups in total. The Kier molecular flexibility index (Phi) is 12.8. The fourth-order valence-corrected chi connectivity index (χ4v) is 6.49. The minimum atomic E-state index is -1.19. The first-order valence-corrected chi connectivity index (χ1v) is 17.6. The van der Waals surface area contributed by atoms with E-state index in [1.807, 2.05) is 24.3 Å². The number of anilines is 1. The number of rotatable bonds is 17. The standard InChI is InChI=1S/C37H50FN7O5/c1-25(2)34(36(46)47)50-30-23-26(13-14-28(30)38)24-44(21-20-43-17-8-4-9-18-43)37(48)40-16-7-10-19-45-31(15-22-49-3)42-32-33(45)27-11-5-6-12-29(27)41-35(32)39/h5-6,11-14,23,25,34H,4,7-10,15-22,24H2,1-3H3,(H2,39,41)(H,40,48)(H,46,47). The Bertz CT molecular complexity index is 1760. The number of aromatic nitrogens is 3. The van der Waals surface area contributed by atoms with Crippen molar-refractivity contribution in [1.82, 2.24) is 29.7 Å². The number of pyridine rings is 1. The fourth-order valence-electron chi connectivity index (χ4n) is 6.49. The molecule has 0 radical (unpaired) electrons. The Hall–Kier alpha value is -4.49. The van der Waals surface area contributed by atoms with Crippen LogP contribution < -0.4 is 15.8 Å². The average molecular weight is 692 g/mol. The lowest BCUT2D eigenvalue weighted by Crippen LogP contribution is -2.44. The highest BCUT2D eigenvalue weighted by molar-refractivity contribution is 6.06. The number of nitrogen functional groups attached to an aromatic ring is 1. The van der Waals surface area contributed by atoms with Crippen molar-refractivity contribution in [3.05, 3.63) is 59.7 Å². The first-order valence-electron chi connectivity index (χ1n) is 17.6. The maximum absolute atomic E-state index is 14.7. The molecule has 2 aromatic carbocycles. The average Bonchev–Trinajstić information content (AvgIpc) is 3.48. The quantitative estimate of drug-likeness (QED) is 0.123. The Morgan fingerprint density at radius 3 is 2.60 bits per heavy atom. The van der Waals surface area contributed by atoms with Crippen molar-refractivity contribution in [3.63, 3.8) is 0 Å². The second-order valence-corrected chi connectivity index (χ2v) is 13.3. The number of nitrogens with two attached hydrogens (primary N) is 1. The summed E-state index contributed by atoms with van der Waals surface area (Å²) in [5, 5.41) is 13.7. The van der Waals surface area contributed by atoms with Crippen molar-refractivity contribution in [2.45, 2.75) is 71.6 Å². The molecule has 12 nitrogen and oxygen atoms in total. The zero-order valence-electron chi connectivity index (χ0n) is 29.4. The summed E-state index contributed by atoms with van der Waals surface area (Å²) in [4.78, 5) is 38.8. The predicted molar refractivity (Wildman–Crippen MR) is 192 cm³/mol. The van der Waals surface area contributed by atoms with Crippen molar-refractivity contribution in [1.29, 1.82) is 0 Å². The number of piperidine rings is 1. The maximum Gasteiger partial charge on any atom is 0.345 e. The van der Waals surface area contributed by atoms with E-state index in [9.17, 15) is 19.1 Å². The Balaban J connectivity index is 1.25. The van der Waals surface area contributed by atoms with Gasteiger partial charge in [-0.2, -0.15) is 0 Å². The molecule has 0 saturated carbocycles. The molecule has 270 valence electrons. The lowest BCUT2D eigenvalue weighted by molar-refractivity contribution is -0.147. The van der Waals surface area contributed by atoms with Crippen molar-refractivity contribution in [2.24, 2.45) is 5.92 Å². The summed E-state index contributed by atoms with van der Waals surface area (Å²) in [6.07, 6.45) is 4.46. The molecule has 1 unspecified atom stereocenters. The van der Waals surface area contributed by atoms with E-state index in [0.717, 1.165) is 67.6 Å². The summed E-state index contributed by atoms with van der Waals surface area (Å²) in [7, 11) is 1.67. The number of likely N-dealkylation sites (tertiary alicyclic amines) is 1. The smallest absolute Gasteiger partial charge is 0.345 e. The molecule has 1 aliphatic heterocycles. The number of aliphatic carboxylic acids is 1. The number of benzene rings is 2. The van der Waals surface area contributed by atoms with Gasteiger partial charge in [0.2, 0.25) is 0 Å². The highest BCUT2D eigenvalue weighted by Gasteiger charge is 2.25. The summed E-state index contributed by atoms with van der Waals surface area (Å²) in [5.41, 5.74) is 9.45. The third kappa shape index (κ3) is 9.19. The number of carbonyl (C=O) groups is 2. The van der Waals surface area contributed by atoms with E-state index in [1.165, 1.54) is 18.6 Å². The SMILES string of the molecule is COCCc1nc2c(N)nc3ccccc3c2n1CCCCNC(=O)N(CCN1CCCCC1)Cc1ccc(F)c(OC(C(=O)O)C(C)C)c1. The molecule has 4 aromatic rings. The van der Waals surface area contributed by atoms with Crippen LogP contribution in [0.4, 0.5) is 15.0 Å². The fraction of sp³-hybridized carbons (Fsp3) is 0.514. The lowest BCUT2D eigenvalue weighted by atomic mass is 10.1. The van der Waals surface area contributed by atoms with Gasteiger partial charge in [-0.25, -0.2) is 23.9 Å². The number of para-hydroxylation sites is 1. The number of halogens is 1. The summed E-state index contributed by atoms with van der Waals surface area (Å²) in [6.45, 7) is 8.55. The summed E-state index contributed by atoms with van der Waals surface area (Å²) >= 11 is 0. The van der Waals surface area contributed by atoms with Gasteiger partial charge >= 0.3 is 12.0 Å². The molecular formula is C37H50FN7O5. The van der Waals surface area contributed by atoms with E-state index >= 15 is 0 Å². The zero-order valence-corrected chi connectivity index (χ0v) is 29.4. The molecule has 13 heteroatoms. The molecule has 1 aliphatic rings. The third-order valence-corrected chi connectivity index (χ3v) is 9.20. The minimum absolute atomic E-state index is 0.137. The first kappa shape index (κ1) is 36.8. The van der Waals surface area contributed by atoms with Crippen LogP contribution in [0.15, 0.2) is 42.5 Å². The molecule has 1 atom stereocenters. The summed E-state index contributed by atoms with van der Waals surface area (Å²) in [6, 6.07) is 12.1. The van der Waals surface area contributed by atoms with E-state index < -0.39 is 17.9 Å². The van der Waals surface area contributed by atoms with Gasteiger partial charge < -0.3 is 40.0 Å². The van der Waals surface area contributed by atoms with Crippen molar-refractivity contribution >= 4 is 39.8 Å². The molecule has 1 saturated heterocycles. The maximum atomic E-state index is 14.7. The van der Waals surface area contributed by atoms with Gasteiger partial charge in [-0.3, -0.25) is 0 Å². The van der Waals surface area contributed by atoms with E-state index in [1.54, 1.807) is 31.9 Å². The highest BCUT2D eigenvalue weighted by atomic mass is 19.1. The zero-order chi connectivity index (χ0) is 35.6. The molecule has 2 aromatic heterocycles. The van der Waals surface area contributed by atoms with E-state index in [0.29, 0.717) is 49.6 Å². The lowest BCUT2D eigenvalue weighted by Gasteiger charge is -2.30. The number of hydrogen-bond acceptors (Lipinski definition) is 8. The number of imidazole rings is 1. The van der Waals surface area contributed by atoms with Gasteiger partial charge in [0, 0.05) is 57.6 Å². The molecule has 0 spiro atoms. The van der Waals surface area contributed by atoms with E-state index in [4.69, 9.17) is 20.2 Å². The number of fused-ring (bicyclic) bond motifs is 3. The van der Waals surface area contributed by atoms with Crippen LogP contribution in [0.25, 0.3) is 21.9 Å². The molecular weight excluding hydrogens is 641 g/mol. The van der Waals surface area contributed by atoms with Crippen molar-refractivity contribution in [2.75, 3.05) is 52.2 Å². The van der Waals surface area contributed by atoms with E-state index in [2.05, 4.69) is 19.8 Å². The molecule has 3 heterocycles. The minimum Gasteiger partial charge on any atom is -0.478 e. The largest absolute Gasteiger partial charge is 0.478 e. The molecule has 2 amide bonds. The van der Waals surface area contributed by atoms with Gasteiger partial charge in [-0.05, 0) is 62.5 Å². The topological polar surface area (TPSA) is 148 Å². The number of hydrogen-bond donors (Lipinski definition) is 3. The number of ether oxygens (including phenoxy) is 2. The van der Waals surface area contributed by atoms with E-state index in [-0.39, 0.29) is 24.2 Å². The Morgan fingerprint density at radius 2 is 1.86 bits per heavy atom. The van der Waals surface area contributed by atoms with Gasteiger partial charge in [0.25, 0.3) is 0 Å². The first-order chi connectivity index (χ1) is 24.2. The number of nitrogens with zero attached hydrogens (tertiary/aromatic N) is 5. The van der Waals surface area contributed by atoms with Crippen LogP contribution in [0.1, 0.15) is 57.3 Å². The molecule has 5 rings (SSSR count). The number of methoxy groups -OCH3 is 1. The van der Waals surface area contributed by atoms with Crippen LogP contribution in [-0.4, -0.2) is 94.0 Å². The molecule has 50 heavy (non-hydrogen) atoms. The number of nitrogens with one attached hydrogen (secondary N) is 1. The van der Waals surface area contributed by atoms with Gasteiger partial charge in [-0.1, -0.05) is 44.5 Å². The summed E-state index contributed by atoms with van der Waals surface area (Å²) in [5.74, 6) is -1.02. The van der Waals surface area contributed by atoms with Crippen LogP contribution in [0.3, 0.4) is 0 Å². The number of unbranched alkanes of at least 4 members (excludes halogenated alkanes) is 1. The number of carbonyl (C=O) groups excluding carboxylic acids is 1. The van der Waals surface area contributed by atoms with Crippen LogP contribution >= 0.6 is 0 Å². The number of carboxylic acids is 1. The second kappa shape index (κ2) is 17.4. The van der Waals surface area contributed by atoms with Crippen molar-refractivity contribution < 1.29 is 28.6 Å². The summed E-state index contributed by atoms with van der Waals surface area (Å²) < 4.78 is 27.9. The predicted octanol–water partition coefficient (Wildman–Crippen LogP) is 5.46. The van der Waals surface area contributed by atoms with Crippen LogP contribution in [-0.2, 0) is 29.0 Å². The number of aryl methyl sites for hydroxylation is 1. The third-order valence-electron chi connectivity index (χ3n) is 9.20. The van der Waals surface area contributed by atoms with Crippen LogP contribution in [0, 0.1) is 11.7 Å². The molecule has 0 bridgehead atoms. The monoisotopic (exact) mass is 691 g/mol. The Labute approximate surface area is 292 Å². The van der Waals surface area contributed by atoms with Crippen molar-refractivity contribution in [3.8, 4) is 5.75 Å². The second-order valence-electron chi connectivity index (χ2n) is 13.3. The van der Waals surface area contributed by atoms with Gasteiger partial charge in [0.1, 0.15) is 11.3 Å².